The number of hydrogen-bond acceptors (Lipinski definition) is 2. The van der Waals surface area contributed by atoms with Gasteiger partial charge in [0, 0.05) is 22.4 Å². The Morgan fingerprint density at radius 2 is 1.22 bits per heavy atom. The van der Waals surface area contributed by atoms with Gasteiger partial charge in [0.15, 0.2) is 28.9 Å². The van der Waals surface area contributed by atoms with Gasteiger partial charge in [-0.1, -0.05) is 42.5 Å². The van der Waals surface area contributed by atoms with Crippen molar-refractivity contribution in [3.63, 3.8) is 0 Å². The van der Waals surface area contributed by atoms with Crippen LogP contribution in [0, 0.1) is 29.1 Å². The Morgan fingerprint density at radius 1 is 0.622 bits per heavy atom. The van der Waals surface area contributed by atoms with Crippen LogP contribution in [0.4, 0.5) is 22.0 Å². The number of rotatable bonds is 2. The van der Waals surface area contributed by atoms with Gasteiger partial charge >= 0.3 is 0 Å². The van der Waals surface area contributed by atoms with E-state index in [-0.39, 0.29) is 5.56 Å². The molecule has 0 fully saturated rings. The van der Waals surface area contributed by atoms with Crippen LogP contribution in [0.25, 0.3) is 60.7 Å². The molecule has 0 spiro atoms. The van der Waals surface area contributed by atoms with Crippen LogP contribution in [0.2, 0.25) is 0 Å². The molecular weight excluding hydrogens is 487 g/mol. The molecule has 0 amide bonds. The molecule has 0 atom stereocenters. The number of benzene rings is 4. The number of para-hydroxylation sites is 2. The zero-order chi connectivity index (χ0) is 25.4. The van der Waals surface area contributed by atoms with Crippen LogP contribution in [-0.4, -0.2) is 9.55 Å². The van der Waals surface area contributed by atoms with Crippen LogP contribution >= 0.6 is 0 Å². The Hall–Kier alpha value is -4.72. The van der Waals surface area contributed by atoms with Gasteiger partial charge in [-0.05, 0) is 35.9 Å². The van der Waals surface area contributed by atoms with Crippen LogP contribution in [0.1, 0.15) is 0 Å². The van der Waals surface area contributed by atoms with E-state index in [1.807, 2.05) is 53.1 Å². The number of fused-ring (bicyclic) bond motifs is 6. The minimum Gasteiger partial charge on any atom is -0.452 e. The first-order chi connectivity index (χ1) is 18.0. The Balaban J connectivity index is 1.53. The van der Waals surface area contributed by atoms with Crippen molar-refractivity contribution in [2.45, 2.75) is 0 Å². The monoisotopic (exact) mass is 500 g/mol. The van der Waals surface area contributed by atoms with Crippen LogP contribution in [0.15, 0.2) is 83.4 Å². The van der Waals surface area contributed by atoms with Gasteiger partial charge < -0.3 is 8.98 Å². The Kier molecular flexibility index (Phi) is 4.45. The van der Waals surface area contributed by atoms with Crippen LogP contribution in [0.3, 0.4) is 0 Å². The minimum atomic E-state index is -2.20. The molecule has 3 nitrogen and oxygen atoms in total. The fraction of sp³-hybridized carbons (Fsp3) is 0. The van der Waals surface area contributed by atoms with E-state index < -0.39 is 34.6 Å². The van der Waals surface area contributed by atoms with Gasteiger partial charge in [-0.2, -0.15) is 0 Å². The fourth-order valence-corrected chi connectivity index (χ4v) is 5.02. The number of hydrogen-bond donors (Lipinski definition) is 0. The molecule has 0 saturated heterocycles. The molecule has 0 aliphatic heterocycles. The third-order valence-electron chi connectivity index (χ3n) is 6.65. The second-order valence-corrected chi connectivity index (χ2v) is 8.64. The largest absolute Gasteiger partial charge is 0.452 e. The molecule has 3 aromatic heterocycles. The highest BCUT2D eigenvalue weighted by atomic mass is 19.2. The summed E-state index contributed by atoms with van der Waals surface area (Å²) in [5.74, 6) is -10.0. The molecular formula is C29H13F5N2O. The third kappa shape index (κ3) is 2.89. The lowest BCUT2D eigenvalue weighted by molar-refractivity contribution is 0.381. The summed E-state index contributed by atoms with van der Waals surface area (Å²) in [6.07, 6.45) is 1.58. The summed E-state index contributed by atoms with van der Waals surface area (Å²) in [4.78, 5) is 4.43. The SMILES string of the molecule is Fc1c(F)c(F)c(-c2ccc3oc4c(-n5c6ccccc6c6ccccc65)ccnc4c3c2)c(F)c1F. The highest BCUT2D eigenvalue weighted by molar-refractivity contribution is 6.12. The van der Waals surface area contributed by atoms with Crippen molar-refractivity contribution in [1.29, 1.82) is 0 Å². The maximum atomic E-state index is 14.5. The Bertz CT molecular complexity index is 1980. The summed E-state index contributed by atoms with van der Waals surface area (Å²) < 4.78 is 78.5. The first-order valence-electron chi connectivity index (χ1n) is 11.3. The average Bonchev–Trinajstić information content (AvgIpc) is 3.47. The highest BCUT2D eigenvalue weighted by Gasteiger charge is 2.27. The number of pyridine rings is 1. The van der Waals surface area contributed by atoms with Crippen LogP contribution < -0.4 is 0 Å². The minimum absolute atomic E-state index is 0.188. The van der Waals surface area contributed by atoms with Crippen molar-refractivity contribution in [3.8, 4) is 16.8 Å². The molecule has 0 radical (unpaired) electrons. The van der Waals surface area contributed by atoms with E-state index in [1.165, 1.54) is 18.2 Å². The third-order valence-corrected chi connectivity index (χ3v) is 6.65. The maximum absolute atomic E-state index is 14.5. The lowest BCUT2D eigenvalue weighted by atomic mass is 10.0. The molecule has 7 aromatic rings. The lowest BCUT2D eigenvalue weighted by Gasteiger charge is -2.08. The number of aromatic nitrogens is 2. The van der Waals surface area contributed by atoms with E-state index >= 15 is 0 Å². The highest BCUT2D eigenvalue weighted by Crippen LogP contribution is 2.39. The molecule has 4 aromatic carbocycles. The summed E-state index contributed by atoms with van der Waals surface area (Å²) >= 11 is 0. The van der Waals surface area contributed by atoms with E-state index in [2.05, 4.69) is 4.98 Å². The molecule has 37 heavy (non-hydrogen) atoms. The molecule has 7 rings (SSSR count). The summed E-state index contributed by atoms with van der Waals surface area (Å²) in [5, 5.41) is 2.47. The normalized spacial score (nSPS) is 11.9. The van der Waals surface area contributed by atoms with E-state index in [4.69, 9.17) is 4.42 Å². The molecule has 0 aliphatic rings. The molecule has 180 valence electrons. The Morgan fingerprint density at radius 3 is 1.86 bits per heavy atom. The van der Waals surface area contributed by atoms with E-state index in [9.17, 15) is 22.0 Å². The van der Waals surface area contributed by atoms with Gasteiger partial charge in [0.05, 0.1) is 22.3 Å². The van der Waals surface area contributed by atoms with Crippen LogP contribution in [-0.2, 0) is 0 Å². The van der Waals surface area contributed by atoms with Crippen molar-refractivity contribution >= 4 is 43.9 Å². The molecule has 0 N–H and O–H groups in total. The molecule has 3 heterocycles. The van der Waals surface area contributed by atoms with Gasteiger partial charge in [0.2, 0.25) is 5.82 Å². The van der Waals surface area contributed by atoms with Gasteiger partial charge in [-0.15, -0.1) is 0 Å². The van der Waals surface area contributed by atoms with E-state index in [0.717, 1.165) is 21.8 Å². The molecule has 0 aliphatic carbocycles. The summed E-state index contributed by atoms with van der Waals surface area (Å²) in [6.45, 7) is 0. The number of nitrogens with zero attached hydrogens (tertiary/aromatic N) is 2. The van der Waals surface area contributed by atoms with Crippen molar-refractivity contribution in [3.05, 3.63) is 108 Å². The molecule has 0 saturated carbocycles. The number of halogens is 5. The maximum Gasteiger partial charge on any atom is 0.200 e. The predicted octanol–water partition coefficient (Wildman–Crippen LogP) is 8.44. The fourth-order valence-electron chi connectivity index (χ4n) is 5.02. The lowest BCUT2D eigenvalue weighted by Crippen LogP contribution is -2.03. The van der Waals surface area contributed by atoms with Crippen molar-refractivity contribution in [2.75, 3.05) is 0 Å². The topological polar surface area (TPSA) is 31.0 Å². The smallest absolute Gasteiger partial charge is 0.200 e. The summed E-state index contributed by atoms with van der Waals surface area (Å²) in [7, 11) is 0. The molecule has 8 heteroatoms. The van der Waals surface area contributed by atoms with Crippen molar-refractivity contribution in [1.82, 2.24) is 9.55 Å². The average molecular weight is 500 g/mol. The van der Waals surface area contributed by atoms with Gasteiger partial charge in [-0.25, -0.2) is 22.0 Å². The number of furan rings is 1. The second kappa shape index (κ2) is 7.64. The van der Waals surface area contributed by atoms with Gasteiger partial charge in [0.1, 0.15) is 11.1 Å². The van der Waals surface area contributed by atoms with Crippen LogP contribution in [0.5, 0.6) is 0 Å². The standard InChI is InChI=1S/C29H13F5N2O/c30-23-22(24(31)26(33)27(34)25(23)32)14-9-10-21-17(13-14)28-29(37-21)20(11-12-35-28)36-18-7-3-1-5-15(18)16-6-2-4-8-19(16)36/h1-13H. The summed E-state index contributed by atoms with van der Waals surface area (Å²) in [5.41, 5.74) is 2.54. The van der Waals surface area contributed by atoms with Gasteiger partial charge in [0.25, 0.3) is 0 Å². The Labute approximate surface area is 205 Å². The first kappa shape index (κ1) is 21.6. The van der Waals surface area contributed by atoms with Gasteiger partial charge in [-0.3, -0.25) is 4.98 Å². The predicted molar refractivity (Wildman–Crippen MR) is 131 cm³/mol. The molecule has 0 unspecified atom stereocenters. The summed E-state index contributed by atoms with van der Waals surface area (Å²) in [6, 6.07) is 21.6. The zero-order valence-corrected chi connectivity index (χ0v) is 18.7. The van der Waals surface area contributed by atoms with E-state index in [0.29, 0.717) is 27.8 Å². The van der Waals surface area contributed by atoms with E-state index in [1.54, 1.807) is 12.3 Å². The van der Waals surface area contributed by atoms with Crippen molar-refractivity contribution in [2.24, 2.45) is 0 Å². The first-order valence-corrected chi connectivity index (χ1v) is 11.3. The van der Waals surface area contributed by atoms with Crippen molar-refractivity contribution < 1.29 is 26.4 Å². The zero-order valence-electron chi connectivity index (χ0n) is 18.7. The quantitative estimate of drug-likeness (QED) is 0.136. The molecule has 0 bridgehead atoms. The second-order valence-electron chi connectivity index (χ2n) is 8.64.